The van der Waals surface area contributed by atoms with Crippen LogP contribution in [0.1, 0.15) is 68.7 Å². The van der Waals surface area contributed by atoms with Crippen molar-refractivity contribution in [2.75, 3.05) is 24.6 Å². The summed E-state index contributed by atoms with van der Waals surface area (Å²) < 4.78 is 5.22. The van der Waals surface area contributed by atoms with Gasteiger partial charge >= 0.3 is 5.97 Å². The molecule has 2 aromatic carbocycles. The maximum absolute atomic E-state index is 11.3. The predicted molar refractivity (Wildman–Crippen MR) is 138 cm³/mol. The lowest BCUT2D eigenvalue weighted by Crippen LogP contribution is -2.33. The minimum absolute atomic E-state index is 0.278. The fraction of sp³-hybridized carbons (Fsp3) is 0.464. The Morgan fingerprint density at radius 1 is 1.09 bits per heavy atom. The maximum atomic E-state index is 11.3. The number of nitrogens with zero attached hydrogens (tertiary/aromatic N) is 5. The molecule has 1 atom stereocenters. The molecule has 0 heterocycles. The van der Waals surface area contributed by atoms with Crippen LogP contribution in [-0.2, 0) is 9.53 Å². The summed E-state index contributed by atoms with van der Waals surface area (Å²) in [5, 5.41) is 27.6. The van der Waals surface area contributed by atoms with Gasteiger partial charge < -0.3 is 9.64 Å². The smallest absolute Gasteiger partial charge is 0.302 e. The van der Waals surface area contributed by atoms with Crippen LogP contribution in [0, 0.1) is 42.4 Å². The number of aryl methyl sites for hydroxylation is 2. The summed E-state index contributed by atoms with van der Waals surface area (Å²) in [5.41, 5.74) is 4.40. The number of unbranched alkanes of at least 4 members (excludes halogenated alkanes) is 1. The molecule has 0 aliphatic heterocycles. The summed E-state index contributed by atoms with van der Waals surface area (Å²) >= 11 is 0. The highest BCUT2D eigenvalue weighted by Gasteiger charge is 2.15. The third kappa shape index (κ3) is 8.22. The standard InChI is InChI=1S/C28H35N5O2/c1-6-8-9-23(7-2)19-33(12-13-35-22(5)34)26-10-11-27(21(4)16-26)31-32-28-24(17-29)14-20(3)15-25(28)18-30/h10-11,14-16,23H,6-9,12-13,19H2,1-5H3. The van der Waals surface area contributed by atoms with Crippen LogP contribution in [0.3, 0.4) is 0 Å². The molecule has 0 radical (unpaired) electrons. The molecule has 1 unspecified atom stereocenters. The Morgan fingerprint density at radius 2 is 1.77 bits per heavy atom. The van der Waals surface area contributed by atoms with Crippen LogP contribution in [-0.4, -0.2) is 25.7 Å². The fourth-order valence-corrected chi connectivity index (χ4v) is 3.96. The Labute approximate surface area is 209 Å². The third-order valence-electron chi connectivity index (χ3n) is 5.99. The summed E-state index contributed by atoms with van der Waals surface area (Å²) in [5.74, 6) is 0.279. The van der Waals surface area contributed by atoms with Gasteiger partial charge in [0, 0.05) is 19.2 Å². The van der Waals surface area contributed by atoms with Gasteiger partial charge in [0.2, 0.25) is 0 Å². The number of azo groups is 1. The van der Waals surface area contributed by atoms with Crippen molar-refractivity contribution >= 4 is 23.0 Å². The molecule has 7 heteroatoms. The van der Waals surface area contributed by atoms with E-state index in [9.17, 15) is 15.3 Å². The van der Waals surface area contributed by atoms with Crippen molar-refractivity contribution in [3.63, 3.8) is 0 Å². The van der Waals surface area contributed by atoms with E-state index in [4.69, 9.17) is 4.74 Å². The first-order valence-corrected chi connectivity index (χ1v) is 12.2. The molecule has 7 nitrogen and oxygen atoms in total. The Kier molecular flexibility index (Phi) is 10.9. The largest absolute Gasteiger partial charge is 0.464 e. The first-order chi connectivity index (χ1) is 16.8. The molecule has 0 N–H and O–H groups in total. The number of hydrogen-bond donors (Lipinski definition) is 0. The Balaban J connectivity index is 2.31. The van der Waals surface area contributed by atoms with Crippen molar-refractivity contribution in [2.24, 2.45) is 16.1 Å². The molecule has 35 heavy (non-hydrogen) atoms. The van der Waals surface area contributed by atoms with Crippen molar-refractivity contribution in [2.45, 2.75) is 60.3 Å². The first-order valence-electron chi connectivity index (χ1n) is 12.2. The first kappa shape index (κ1) is 27.5. The second kappa shape index (κ2) is 13.9. The topological polar surface area (TPSA) is 102 Å². The van der Waals surface area contributed by atoms with E-state index in [0.717, 1.165) is 29.8 Å². The summed E-state index contributed by atoms with van der Waals surface area (Å²) in [6.07, 6.45) is 4.63. The van der Waals surface area contributed by atoms with E-state index in [1.807, 2.05) is 26.0 Å². The van der Waals surface area contributed by atoms with Crippen molar-refractivity contribution in [3.05, 3.63) is 52.6 Å². The molecule has 0 spiro atoms. The minimum Gasteiger partial charge on any atom is -0.464 e. The van der Waals surface area contributed by atoms with Gasteiger partial charge in [-0.1, -0.05) is 33.1 Å². The lowest BCUT2D eigenvalue weighted by Gasteiger charge is -2.29. The van der Waals surface area contributed by atoms with Crippen molar-refractivity contribution in [3.8, 4) is 12.1 Å². The van der Waals surface area contributed by atoms with Crippen LogP contribution in [0.15, 0.2) is 40.6 Å². The van der Waals surface area contributed by atoms with Crippen molar-refractivity contribution in [1.82, 2.24) is 0 Å². The summed E-state index contributed by atoms with van der Waals surface area (Å²) in [6, 6.07) is 13.6. The van der Waals surface area contributed by atoms with Crippen LogP contribution < -0.4 is 4.90 Å². The quantitative estimate of drug-likeness (QED) is 0.243. The zero-order valence-electron chi connectivity index (χ0n) is 21.5. The zero-order valence-corrected chi connectivity index (χ0v) is 21.5. The van der Waals surface area contributed by atoms with Gasteiger partial charge in [-0.2, -0.15) is 15.6 Å². The summed E-state index contributed by atoms with van der Waals surface area (Å²) in [7, 11) is 0. The number of carbonyl (C=O) groups is 1. The van der Waals surface area contributed by atoms with Crippen molar-refractivity contribution in [1.29, 1.82) is 10.5 Å². The highest BCUT2D eigenvalue weighted by molar-refractivity contribution is 5.66. The van der Waals surface area contributed by atoms with Crippen LogP contribution in [0.5, 0.6) is 0 Å². The number of benzene rings is 2. The molecule has 0 aliphatic rings. The number of hydrogen-bond acceptors (Lipinski definition) is 7. The molecule has 0 aliphatic carbocycles. The molecule has 0 saturated carbocycles. The molecule has 0 bridgehead atoms. The van der Waals surface area contributed by atoms with E-state index in [2.05, 4.69) is 47.2 Å². The second-order valence-electron chi connectivity index (χ2n) is 8.81. The molecule has 0 fully saturated rings. The van der Waals surface area contributed by atoms with Gasteiger partial charge in [-0.15, -0.1) is 5.11 Å². The van der Waals surface area contributed by atoms with E-state index < -0.39 is 0 Å². The SMILES string of the molecule is CCCCC(CC)CN(CCOC(C)=O)c1ccc(N=Nc2c(C#N)cc(C)cc2C#N)c(C)c1. The highest BCUT2D eigenvalue weighted by Crippen LogP contribution is 2.31. The highest BCUT2D eigenvalue weighted by atomic mass is 16.5. The molecule has 0 aromatic heterocycles. The van der Waals surface area contributed by atoms with E-state index in [1.54, 1.807) is 12.1 Å². The van der Waals surface area contributed by atoms with Crippen LogP contribution in [0.4, 0.5) is 17.1 Å². The van der Waals surface area contributed by atoms with Gasteiger partial charge in [-0.25, -0.2) is 0 Å². The molecular weight excluding hydrogens is 438 g/mol. The number of carbonyl (C=O) groups excluding carboxylic acids is 1. The Hall–Kier alpha value is -3.71. The fourth-order valence-electron chi connectivity index (χ4n) is 3.96. The monoisotopic (exact) mass is 473 g/mol. The number of rotatable bonds is 12. The van der Waals surface area contributed by atoms with E-state index in [-0.39, 0.29) is 11.7 Å². The van der Waals surface area contributed by atoms with Gasteiger partial charge in [0.25, 0.3) is 0 Å². The molecule has 0 amide bonds. The average Bonchev–Trinajstić information content (AvgIpc) is 2.84. The van der Waals surface area contributed by atoms with Gasteiger partial charge in [-0.05, 0) is 67.6 Å². The van der Waals surface area contributed by atoms with Crippen LogP contribution in [0.2, 0.25) is 0 Å². The third-order valence-corrected chi connectivity index (χ3v) is 5.99. The summed E-state index contributed by atoms with van der Waals surface area (Å²) in [4.78, 5) is 13.5. The second-order valence-corrected chi connectivity index (χ2v) is 8.81. The zero-order chi connectivity index (χ0) is 25.8. The average molecular weight is 474 g/mol. The van der Waals surface area contributed by atoms with E-state index >= 15 is 0 Å². The van der Waals surface area contributed by atoms with Crippen molar-refractivity contribution < 1.29 is 9.53 Å². The number of anilines is 1. The van der Waals surface area contributed by atoms with Gasteiger partial charge in [0.05, 0.1) is 23.4 Å². The summed E-state index contributed by atoms with van der Waals surface area (Å²) in [6.45, 7) is 11.5. The Morgan fingerprint density at radius 3 is 2.31 bits per heavy atom. The number of esters is 1. The Bertz CT molecular complexity index is 1090. The number of nitriles is 2. The molecule has 2 rings (SSSR count). The van der Waals surface area contributed by atoms with Crippen LogP contribution >= 0.6 is 0 Å². The molecule has 184 valence electrons. The predicted octanol–water partition coefficient (Wildman–Crippen LogP) is 7.05. The minimum atomic E-state index is -0.278. The molecular formula is C28H35N5O2. The van der Waals surface area contributed by atoms with E-state index in [0.29, 0.717) is 35.9 Å². The van der Waals surface area contributed by atoms with E-state index in [1.165, 1.54) is 26.2 Å². The van der Waals surface area contributed by atoms with Gasteiger partial charge in [0.15, 0.2) is 0 Å². The normalized spacial score (nSPS) is 11.6. The van der Waals surface area contributed by atoms with Gasteiger partial charge in [-0.3, -0.25) is 4.79 Å². The van der Waals surface area contributed by atoms with Crippen LogP contribution in [0.25, 0.3) is 0 Å². The number of ether oxygens (including phenoxy) is 1. The lowest BCUT2D eigenvalue weighted by atomic mass is 9.98. The molecule has 2 aromatic rings. The molecule has 0 saturated heterocycles. The van der Waals surface area contributed by atoms with Gasteiger partial charge in [0.1, 0.15) is 24.4 Å². The maximum Gasteiger partial charge on any atom is 0.302 e. The lowest BCUT2D eigenvalue weighted by molar-refractivity contribution is -0.140.